The van der Waals surface area contributed by atoms with E-state index in [2.05, 4.69) is 18.9 Å². The molecule has 0 saturated carbocycles. The monoisotopic (exact) mass is 342 g/mol. The van der Waals surface area contributed by atoms with Crippen LogP contribution in [0.15, 0.2) is 30.3 Å². The zero-order chi connectivity index (χ0) is 18.6. The quantitative estimate of drug-likeness (QED) is 0.840. The first-order valence-corrected chi connectivity index (χ1v) is 8.57. The first-order valence-electron chi connectivity index (χ1n) is 8.57. The third kappa shape index (κ3) is 4.26. The number of nitrogens with zero attached hydrogens (tertiary/aromatic N) is 3. The van der Waals surface area contributed by atoms with Gasteiger partial charge in [-0.2, -0.15) is 5.10 Å². The summed E-state index contributed by atoms with van der Waals surface area (Å²) in [6.07, 6.45) is 1.95. The van der Waals surface area contributed by atoms with Crippen molar-refractivity contribution >= 4 is 11.8 Å². The summed E-state index contributed by atoms with van der Waals surface area (Å²) in [6, 6.07) is 9.13. The van der Waals surface area contributed by atoms with E-state index in [9.17, 15) is 9.59 Å². The molecule has 0 aliphatic heterocycles. The fourth-order valence-corrected chi connectivity index (χ4v) is 2.96. The summed E-state index contributed by atoms with van der Waals surface area (Å²) in [6.45, 7) is 6.60. The summed E-state index contributed by atoms with van der Waals surface area (Å²) in [5.74, 6) is -0.618. The first kappa shape index (κ1) is 18.7. The summed E-state index contributed by atoms with van der Waals surface area (Å²) in [5, 5.41) is 4.51. The number of rotatable bonds is 7. The van der Waals surface area contributed by atoms with Gasteiger partial charge in [0.05, 0.1) is 6.04 Å². The molecule has 0 aliphatic carbocycles. The second-order valence-electron chi connectivity index (χ2n) is 6.31. The number of aryl methyl sites for hydroxylation is 1. The molecule has 2 N–H and O–H groups in total. The Kier molecular flexibility index (Phi) is 5.96. The Morgan fingerprint density at radius 2 is 1.92 bits per heavy atom. The van der Waals surface area contributed by atoms with Crippen LogP contribution in [0.25, 0.3) is 0 Å². The fourth-order valence-electron chi connectivity index (χ4n) is 2.96. The van der Waals surface area contributed by atoms with Gasteiger partial charge in [-0.15, -0.1) is 0 Å². The maximum atomic E-state index is 12.7. The van der Waals surface area contributed by atoms with Crippen molar-refractivity contribution in [1.29, 1.82) is 0 Å². The van der Waals surface area contributed by atoms with Gasteiger partial charge in [-0.1, -0.05) is 26.0 Å². The van der Waals surface area contributed by atoms with E-state index in [1.807, 2.05) is 23.7 Å². The molecule has 0 fully saturated rings. The van der Waals surface area contributed by atoms with Crippen molar-refractivity contribution in [2.24, 2.45) is 5.73 Å². The van der Waals surface area contributed by atoms with Gasteiger partial charge < -0.3 is 10.6 Å². The Hall–Kier alpha value is -2.63. The Morgan fingerprint density at radius 3 is 2.52 bits per heavy atom. The van der Waals surface area contributed by atoms with Gasteiger partial charge >= 0.3 is 0 Å². The van der Waals surface area contributed by atoms with Gasteiger partial charge in [0.2, 0.25) is 5.91 Å². The van der Waals surface area contributed by atoms with Gasteiger partial charge in [-0.25, -0.2) is 0 Å². The number of nitrogens with two attached hydrogens (primary N) is 1. The second-order valence-corrected chi connectivity index (χ2v) is 6.31. The van der Waals surface area contributed by atoms with E-state index in [4.69, 9.17) is 5.73 Å². The molecule has 0 radical (unpaired) electrons. The summed E-state index contributed by atoms with van der Waals surface area (Å²) in [7, 11) is 1.73. The van der Waals surface area contributed by atoms with E-state index >= 15 is 0 Å². The number of hydrogen-bond acceptors (Lipinski definition) is 3. The number of carbonyl (C=O) groups is 2. The van der Waals surface area contributed by atoms with Crippen LogP contribution < -0.4 is 5.73 Å². The molecular weight excluding hydrogens is 316 g/mol. The van der Waals surface area contributed by atoms with Crippen molar-refractivity contribution in [3.05, 3.63) is 52.8 Å². The summed E-state index contributed by atoms with van der Waals surface area (Å²) in [5.41, 5.74) is 8.02. The van der Waals surface area contributed by atoms with E-state index in [1.54, 1.807) is 30.1 Å². The SMILES string of the molecule is CCC(CC)n1nc(C(=O)N(C)Cc2cccc(C(N)=O)c2)cc1C. The normalized spacial score (nSPS) is 10.9. The van der Waals surface area contributed by atoms with Gasteiger partial charge in [-0.3, -0.25) is 14.3 Å². The van der Waals surface area contributed by atoms with Crippen molar-refractivity contribution < 1.29 is 9.59 Å². The molecule has 0 bridgehead atoms. The molecule has 0 spiro atoms. The molecule has 1 aromatic heterocycles. The molecule has 6 nitrogen and oxygen atoms in total. The van der Waals surface area contributed by atoms with Gasteiger partial charge in [0.1, 0.15) is 0 Å². The van der Waals surface area contributed by atoms with Gasteiger partial charge in [-0.05, 0) is 43.5 Å². The smallest absolute Gasteiger partial charge is 0.274 e. The lowest BCUT2D eigenvalue weighted by Crippen LogP contribution is -2.27. The van der Waals surface area contributed by atoms with Gasteiger partial charge in [0.15, 0.2) is 5.69 Å². The minimum absolute atomic E-state index is 0.141. The topological polar surface area (TPSA) is 81.2 Å². The Balaban J connectivity index is 2.16. The van der Waals surface area contributed by atoms with Crippen LogP contribution in [0.1, 0.15) is 64.8 Å². The van der Waals surface area contributed by atoms with Crippen LogP contribution in [0.5, 0.6) is 0 Å². The molecule has 6 heteroatoms. The minimum atomic E-state index is -0.477. The molecule has 1 aromatic carbocycles. The van der Waals surface area contributed by atoms with Gasteiger partial charge in [0.25, 0.3) is 5.91 Å². The number of primary amides is 1. The van der Waals surface area contributed by atoms with Crippen LogP contribution in [-0.4, -0.2) is 33.5 Å². The van der Waals surface area contributed by atoms with E-state index in [1.165, 1.54) is 0 Å². The number of amides is 2. The molecule has 2 amide bonds. The highest BCUT2D eigenvalue weighted by Crippen LogP contribution is 2.19. The zero-order valence-corrected chi connectivity index (χ0v) is 15.3. The van der Waals surface area contributed by atoms with E-state index < -0.39 is 5.91 Å². The predicted octanol–water partition coefficient (Wildman–Crippen LogP) is 2.92. The van der Waals surface area contributed by atoms with Crippen molar-refractivity contribution in [2.45, 2.75) is 46.2 Å². The molecular formula is C19H26N4O2. The van der Waals surface area contributed by atoms with E-state index in [0.29, 0.717) is 23.8 Å². The van der Waals surface area contributed by atoms with Crippen molar-refractivity contribution in [1.82, 2.24) is 14.7 Å². The van der Waals surface area contributed by atoms with Crippen molar-refractivity contribution in [3.63, 3.8) is 0 Å². The number of carbonyl (C=O) groups excluding carboxylic acids is 2. The number of benzene rings is 1. The van der Waals surface area contributed by atoms with Crippen molar-refractivity contribution in [2.75, 3.05) is 7.05 Å². The lowest BCUT2D eigenvalue weighted by molar-refractivity contribution is 0.0778. The highest BCUT2D eigenvalue weighted by atomic mass is 16.2. The van der Waals surface area contributed by atoms with Crippen LogP contribution in [0.2, 0.25) is 0 Å². The van der Waals surface area contributed by atoms with Gasteiger partial charge in [0, 0.05) is 24.8 Å². The zero-order valence-electron chi connectivity index (χ0n) is 15.3. The molecule has 2 rings (SSSR count). The Morgan fingerprint density at radius 1 is 1.24 bits per heavy atom. The number of hydrogen-bond donors (Lipinski definition) is 1. The molecule has 0 aliphatic rings. The molecule has 1 heterocycles. The summed E-state index contributed by atoms with van der Waals surface area (Å²) in [4.78, 5) is 25.6. The summed E-state index contributed by atoms with van der Waals surface area (Å²) >= 11 is 0. The minimum Gasteiger partial charge on any atom is -0.366 e. The predicted molar refractivity (Wildman–Crippen MR) is 97.3 cm³/mol. The van der Waals surface area contributed by atoms with Crippen LogP contribution in [0.3, 0.4) is 0 Å². The maximum absolute atomic E-state index is 12.7. The van der Waals surface area contributed by atoms with E-state index in [-0.39, 0.29) is 5.91 Å². The first-order chi connectivity index (χ1) is 11.9. The molecule has 134 valence electrons. The van der Waals surface area contributed by atoms with Crippen molar-refractivity contribution in [3.8, 4) is 0 Å². The summed E-state index contributed by atoms with van der Waals surface area (Å²) < 4.78 is 1.94. The average molecular weight is 342 g/mol. The maximum Gasteiger partial charge on any atom is 0.274 e. The standard InChI is InChI=1S/C19H26N4O2/c1-5-16(6-2)23-13(3)10-17(21-23)19(25)22(4)12-14-8-7-9-15(11-14)18(20)24/h7-11,16H,5-6,12H2,1-4H3,(H2,20,24). The van der Waals surface area contributed by atoms with Crippen LogP contribution in [-0.2, 0) is 6.54 Å². The Bertz CT molecular complexity index is 763. The lowest BCUT2D eigenvalue weighted by Gasteiger charge is -2.17. The fraction of sp³-hybridized carbons (Fsp3) is 0.421. The molecule has 0 saturated heterocycles. The molecule has 0 atom stereocenters. The molecule has 0 unspecified atom stereocenters. The molecule has 25 heavy (non-hydrogen) atoms. The third-order valence-electron chi connectivity index (χ3n) is 4.41. The van der Waals surface area contributed by atoms with Crippen LogP contribution in [0.4, 0.5) is 0 Å². The average Bonchev–Trinajstić information content (AvgIpc) is 2.97. The molecule has 2 aromatic rings. The van der Waals surface area contributed by atoms with Crippen LogP contribution >= 0.6 is 0 Å². The number of aromatic nitrogens is 2. The Labute approximate surface area is 148 Å². The third-order valence-corrected chi connectivity index (χ3v) is 4.41. The van der Waals surface area contributed by atoms with E-state index in [0.717, 1.165) is 24.1 Å². The highest BCUT2D eigenvalue weighted by Gasteiger charge is 2.19. The second kappa shape index (κ2) is 7.96. The highest BCUT2D eigenvalue weighted by molar-refractivity contribution is 5.93. The lowest BCUT2D eigenvalue weighted by atomic mass is 10.1. The largest absolute Gasteiger partial charge is 0.366 e. The van der Waals surface area contributed by atoms with Crippen LogP contribution in [0, 0.1) is 6.92 Å².